The van der Waals surface area contributed by atoms with Crippen LogP contribution in [0.25, 0.3) is 0 Å². The van der Waals surface area contributed by atoms with Gasteiger partial charge >= 0.3 is 0 Å². The highest BCUT2D eigenvalue weighted by Crippen LogP contribution is 2.25. The van der Waals surface area contributed by atoms with Gasteiger partial charge in [0.05, 0.1) is 4.47 Å². The van der Waals surface area contributed by atoms with Crippen molar-refractivity contribution in [1.29, 1.82) is 0 Å². The van der Waals surface area contributed by atoms with Crippen LogP contribution >= 0.6 is 15.9 Å². The maximum atomic E-state index is 12.0. The van der Waals surface area contributed by atoms with Gasteiger partial charge in [-0.25, -0.2) is 0 Å². The average Bonchev–Trinajstić information content (AvgIpc) is 2.41. The Labute approximate surface area is 126 Å². The minimum absolute atomic E-state index is 0.230. The van der Waals surface area contributed by atoms with Crippen molar-refractivity contribution in [2.45, 2.75) is 13.0 Å². The number of amides is 1. The van der Waals surface area contributed by atoms with Gasteiger partial charge < -0.3 is 15.8 Å². The zero-order valence-electron chi connectivity index (χ0n) is 11.0. The number of halogens is 1. The summed E-state index contributed by atoms with van der Waals surface area (Å²) in [5, 5.41) is 2.76. The normalized spacial score (nSPS) is 11.7. The summed E-state index contributed by atoms with van der Waals surface area (Å²) in [6, 6.07) is 14.4. The number of benzene rings is 2. The SMILES string of the molecule is CC(Oc1ccccc1Br)C(=O)Nc1cccc(N)c1. The lowest BCUT2D eigenvalue weighted by Gasteiger charge is -2.15. The standard InChI is InChI=1S/C15H15BrN2O2/c1-10(20-14-8-3-2-7-13(14)16)15(19)18-12-6-4-5-11(17)9-12/h2-10H,17H2,1H3,(H,18,19). The Hall–Kier alpha value is -2.01. The average molecular weight is 335 g/mol. The van der Waals surface area contributed by atoms with E-state index in [0.29, 0.717) is 17.1 Å². The molecule has 0 aliphatic carbocycles. The van der Waals surface area contributed by atoms with E-state index < -0.39 is 6.10 Å². The summed E-state index contributed by atoms with van der Waals surface area (Å²) >= 11 is 3.38. The lowest BCUT2D eigenvalue weighted by molar-refractivity contribution is -0.122. The minimum Gasteiger partial charge on any atom is -0.480 e. The lowest BCUT2D eigenvalue weighted by Crippen LogP contribution is -2.30. The summed E-state index contributed by atoms with van der Waals surface area (Å²) in [6.45, 7) is 1.70. The number of anilines is 2. The van der Waals surface area contributed by atoms with Crippen LogP contribution in [-0.2, 0) is 4.79 Å². The zero-order chi connectivity index (χ0) is 14.5. The Morgan fingerprint density at radius 2 is 2.00 bits per heavy atom. The Balaban J connectivity index is 2.01. The maximum absolute atomic E-state index is 12.0. The zero-order valence-corrected chi connectivity index (χ0v) is 12.6. The van der Waals surface area contributed by atoms with Gasteiger partial charge in [0.25, 0.3) is 5.91 Å². The molecule has 4 nitrogen and oxygen atoms in total. The molecule has 0 aromatic heterocycles. The molecule has 0 saturated heterocycles. The second-order valence-corrected chi connectivity index (χ2v) is 5.16. The van der Waals surface area contributed by atoms with Crippen molar-refractivity contribution in [1.82, 2.24) is 0 Å². The third-order valence-electron chi connectivity index (χ3n) is 2.66. The molecule has 0 bridgehead atoms. The number of nitrogens with one attached hydrogen (secondary N) is 1. The predicted octanol–water partition coefficient (Wildman–Crippen LogP) is 3.44. The van der Waals surface area contributed by atoms with Crippen molar-refractivity contribution in [2.24, 2.45) is 0 Å². The van der Waals surface area contributed by atoms with Crippen molar-refractivity contribution in [2.75, 3.05) is 11.1 Å². The van der Waals surface area contributed by atoms with Crippen LogP contribution in [0.5, 0.6) is 5.75 Å². The van der Waals surface area contributed by atoms with Gasteiger partial charge in [-0.05, 0) is 53.2 Å². The lowest BCUT2D eigenvalue weighted by atomic mass is 10.2. The van der Waals surface area contributed by atoms with Crippen molar-refractivity contribution in [3.8, 4) is 5.75 Å². The Bertz CT molecular complexity index is 616. The molecule has 104 valence electrons. The Kier molecular flexibility index (Phi) is 4.63. The molecule has 1 atom stereocenters. The first-order valence-electron chi connectivity index (χ1n) is 6.14. The second kappa shape index (κ2) is 6.43. The molecule has 20 heavy (non-hydrogen) atoms. The van der Waals surface area contributed by atoms with Crippen molar-refractivity contribution >= 4 is 33.2 Å². The first-order valence-corrected chi connectivity index (χ1v) is 6.93. The molecule has 0 radical (unpaired) electrons. The molecule has 0 spiro atoms. The number of carbonyl (C=O) groups is 1. The number of rotatable bonds is 4. The number of carbonyl (C=O) groups excluding carboxylic acids is 1. The number of ether oxygens (including phenoxy) is 1. The fourth-order valence-corrected chi connectivity index (χ4v) is 2.02. The summed E-state index contributed by atoms with van der Waals surface area (Å²) in [7, 11) is 0. The van der Waals surface area contributed by atoms with Crippen molar-refractivity contribution in [3.63, 3.8) is 0 Å². The van der Waals surface area contributed by atoms with Crippen LogP contribution in [0.1, 0.15) is 6.92 Å². The molecule has 2 aromatic carbocycles. The molecule has 0 heterocycles. The van der Waals surface area contributed by atoms with E-state index in [-0.39, 0.29) is 5.91 Å². The van der Waals surface area contributed by atoms with Gasteiger partial charge in [0.2, 0.25) is 0 Å². The molecule has 0 saturated carbocycles. The molecule has 2 rings (SSSR count). The Morgan fingerprint density at radius 1 is 1.25 bits per heavy atom. The topological polar surface area (TPSA) is 64.3 Å². The van der Waals surface area contributed by atoms with Crippen LogP contribution < -0.4 is 15.8 Å². The quantitative estimate of drug-likeness (QED) is 0.842. The van der Waals surface area contributed by atoms with E-state index in [9.17, 15) is 4.79 Å². The summed E-state index contributed by atoms with van der Waals surface area (Å²) in [5.74, 6) is 0.397. The minimum atomic E-state index is -0.616. The Morgan fingerprint density at radius 3 is 2.70 bits per heavy atom. The van der Waals surface area contributed by atoms with Gasteiger partial charge in [-0.2, -0.15) is 0 Å². The highest BCUT2D eigenvalue weighted by Gasteiger charge is 2.16. The summed E-state index contributed by atoms with van der Waals surface area (Å²) < 4.78 is 6.43. The maximum Gasteiger partial charge on any atom is 0.265 e. The molecular weight excluding hydrogens is 320 g/mol. The third kappa shape index (κ3) is 3.74. The van der Waals surface area contributed by atoms with Crippen LogP contribution in [-0.4, -0.2) is 12.0 Å². The van der Waals surface area contributed by atoms with Crippen LogP contribution in [0.4, 0.5) is 11.4 Å². The number of hydrogen-bond acceptors (Lipinski definition) is 3. The van der Waals surface area contributed by atoms with Gasteiger partial charge in [-0.3, -0.25) is 4.79 Å². The third-order valence-corrected chi connectivity index (χ3v) is 3.32. The number of nitrogen functional groups attached to an aromatic ring is 1. The van der Waals surface area contributed by atoms with E-state index in [2.05, 4.69) is 21.2 Å². The fraction of sp³-hybridized carbons (Fsp3) is 0.133. The van der Waals surface area contributed by atoms with Gasteiger partial charge in [0, 0.05) is 11.4 Å². The van der Waals surface area contributed by atoms with Gasteiger partial charge in [0.1, 0.15) is 5.75 Å². The monoisotopic (exact) mass is 334 g/mol. The summed E-state index contributed by atoms with van der Waals surface area (Å²) in [5.41, 5.74) is 6.91. The molecule has 0 aliphatic rings. The van der Waals surface area contributed by atoms with E-state index in [0.717, 1.165) is 4.47 Å². The molecule has 1 amide bonds. The van der Waals surface area contributed by atoms with Gasteiger partial charge in [0.15, 0.2) is 6.10 Å². The first-order chi connectivity index (χ1) is 9.56. The van der Waals surface area contributed by atoms with E-state index in [1.165, 1.54) is 0 Å². The fourth-order valence-electron chi connectivity index (χ4n) is 1.64. The van der Waals surface area contributed by atoms with E-state index in [4.69, 9.17) is 10.5 Å². The molecule has 0 aliphatic heterocycles. The van der Waals surface area contributed by atoms with Gasteiger partial charge in [-0.1, -0.05) is 18.2 Å². The van der Waals surface area contributed by atoms with E-state index in [1.807, 2.05) is 18.2 Å². The molecule has 3 N–H and O–H groups in total. The smallest absolute Gasteiger partial charge is 0.265 e. The number of para-hydroxylation sites is 1. The molecule has 0 fully saturated rings. The number of nitrogens with two attached hydrogens (primary N) is 1. The van der Waals surface area contributed by atoms with Crippen LogP contribution in [0.2, 0.25) is 0 Å². The molecular formula is C15H15BrN2O2. The summed E-state index contributed by atoms with van der Waals surface area (Å²) in [6.07, 6.45) is -0.616. The van der Waals surface area contributed by atoms with Crippen molar-refractivity contribution < 1.29 is 9.53 Å². The van der Waals surface area contributed by atoms with Crippen LogP contribution in [0, 0.1) is 0 Å². The van der Waals surface area contributed by atoms with Gasteiger partial charge in [-0.15, -0.1) is 0 Å². The molecule has 1 unspecified atom stereocenters. The van der Waals surface area contributed by atoms with E-state index >= 15 is 0 Å². The first kappa shape index (κ1) is 14.4. The largest absolute Gasteiger partial charge is 0.480 e. The van der Waals surface area contributed by atoms with E-state index in [1.54, 1.807) is 37.3 Å². The predicted molar refractivity (Wildman–Crippen MR) is 83.7 cm³/mol. The summed E-state index contributed by atoms with van der Waals surface area (Å²) in [4.78, 5) is 12.0. The highest BCUT2D eigenvalue weighted by atomic mass is 79.9. The highest BCUT2D eigenvalue weighted by molar-refractivity contribution is 9.10. The molecule has 5 heteroatoms. The number of hydrogen-bond donors (Lipinski definition) is 2. The van der Waals surface area contributed by atoms with Crippen LogP contribution in [0.15, 0.2) is 53.0 Å². The molecule has 2 aromatic rings. The van der Waals surface area contributed by atoms with Crippen molar-refractivity contribution in [3.05, 3.63) is 53.0 Å². The van der Waals surface area contributed by atoms with Crippen LogP contribution in [0.3, 0.4) is 0 Å². The second-order valence-electron chi connectivity index (χ2n) is 4.31.